The lowest BCUT2D eigenvalue weighted by molar-refractivity contribution is 0.254. The molecule has 29 heavy (non-hydrogen) atoms. The maximum Gasteiger partial charge on any atom is 0.330 e. The fourth-order valence-corrected chi connectivity index (χ4v) is 4.61. The monoisotopic (exact) mass is 424 g/mol. The van der Waals surface area contributed by atoms with Crippen molar-refractivity contribution in [2.75, 3.05) is 9.80 Å². The van der Waals surface area contributed by atoms with Gasteiger partial charge in [-0.05, 0) is 62.7 Å². The molecule has 0 aliphatic carbocycles. The zero-order valence-corrected chi connectivity index (χ0v) is 18.1. The van der Waals surface area contributed by atoms with E-state index in [0.29, 0.717) is 10.0 Å². The molecule has 148 valence electrons. The van der Waals surface area contributed by atoms with E-state index >= 15 is 0 Å². The molecule has 3 aromatic carbocycles. The van der Waals surface area contributed by atoms with Crippen molar-refractivity contribution in [1.29, 1.82) is 0 Å². The minimum Gasteiger partial charge on any atom is -0.286 e. The van der Waals surface area contributed by atoms with Gasteiger partial charge in [0.1, 0.15) is 0 Å². The van der Waals surface area contributed by atoms with E-state index in [2.05, 4.69) is 39.0 Å². The average molecular weight is 425 g/mol. The van der Waals surface area contributed by atoms with E-state index in [9.17, 15) is 4.79 Å². The predicted molar refractivity (Wildman–Crippen MR) is 121 cm³/mol. The van der Waals surface area contributed by atoms with Gasteiger partial charge in [0.15, 0.2) is 0 Å². The standard InChI is InChI=1S/C24H22Cl2N2O/c1-16-7-4-8-17(13-16)22-24(2,3)28(21-12-6-10-19(26)15-21)23(29)27(22)20-11-5-9-18(25)14-20/h4-15,22H,1-3H3/t22-/m0/s1. The van der Waals surface area contributed by atoms with Gasteiger partial charge in [-0.1, -0.05) is 65.2 Å². The number of hydrogen-bond donors (Lipinski definition) is 0. The third-order valence-corrected chi connectivity index (χ3v) is 5.88. The van der Waals surface area contributed by atoms with Gasteiger partial charge in [0.05, 0.1) is 11.6 Å². The number of hydrogen-bond acceptors (Lipinski definition) is 1. The van der Waals surface area contributed by atoms with Gasteiger partial charge in [-0.3, -0.25) is 9.80 Å². The topological polar surface area (TPSA) is 23.6 Å². The van der Waals surface area contributed by atoms with Gasteiger partial charge in [0.25, 0.3) is 0 Å². The first-order valence-electron chi connectivity index (χ1n) is 9.50. The smallest absolute Gasteiger partial charge is 0.286 e. The van der Waals surface area contributed by atoms with Crippen molar-refractivity contribution >= 4 is 40.6 Å². The summed E-state index contributed by atoms with van der Waals surface area (Å²) in [7, 11) is 0. The summed E-state index contributed by atoms with van der Waals surface area (Å²) in [4.78, 5) is 17.4. The fraction of sp³-hybridized carbons (Fsp3) is 0.208. The van der Waals surface area contributed by atoms with Crippen LogP contribution in [0.1, 0.15) is 31.0 Å². The van der Waals surface area contributed by atoms with Gasteiger partial charge in [0, 0.05) is 21.4 Å². The van der Waals surface area contributed by atoms with Crippen molar-refractivity contribution in [1.82, 2.24) is 0 Å². The lowest BCUT2D eigenvalue weighted by Crippen LogP contribution is -2.43. The van der Waals surface area contributed by atoms with E-state index in [1.165, 1.54) is 0 Å². The minimum atomic E-state index is -0.530. The summed E-state index contributed by atoms with van der Waals surface area (Å²) in [5.74, 6) is 0. The lowest BCUT2D eigenvalue weighted by Gasteiger charge is -2.35. The Kier molecular flexibility index (Phi) is 5.05. The minimum absolute atomic E-state index is 0.106. The number of carbonyl (C=O) groups is 1. The van der Waals surface area contributed by atoms with E-state index in [1.54, 1.807) is 0 Å². The Morgan fingerprint density at radius 3 is 2.03 bits per heavy atom. The van der Waals surface area contributed by atoms with Crippen molar-refractivity contribution < 1.29 is 4.79 Å². The maximum absolute atomic E-state index is 13.8. The van der Waals surface area contributed by atoms with Gasteiger partial charge in [-0.25, -0.2) is 4.79 Å². The number of urea groups is 1. The molecule has 0 bridgehead atoms. The third kappa shape index (κ3) is 3.50. The third-order valence-electron chi connectivity index (χ3n) is 5.41. The average Bonchev–Trinajstić information content (AvgIpc) is 2.87. The summed E-state index contributed by atoms with van der Waals surface area (Å²) in [5, 5.41) is 1.19. The molecule has 2 amide bonds. The summed E-state index contributed by atoms with van der Waals surface area (Å²) in [6.45, 7) is 6.23. The van der Waals surface area contributed by atoms with Crippen LogP contribution in [-0.4, -0.2) is 11.6 Å². The number of amides is 2. The molecule has 1 aliphatic rings. The molecule has 0 radical (unpaired) electrons. The van der Waals surface area contributed by atoms with Gasteiger partial charge >= 0.3 is 6.03 Å². The zero-order valence-electron chi connectivity index (χ0n) is 16.6. The summed E-state index contributed by atoms with van der Waals surface area (Å²) in [6.07, 6.45) is 0. The Bertz CT molecular complexity index is 1080. The first kappa shape index (κ1) is 19.8. The zero-order chi connectivity index (χ0) is 20.8. The highest BCUT2D eigenvalue weighted by Crippen LogP contribution is 2.48. The second-order valence-electron chi connectivity index (χ2n) is 7.92. The molecule has 5 heteroatoms. The number of halogens is 2. The van der Waals surface area contributed by atoms with Crippen molar-refractivity contribution in [3.63, 3.8) is 0 Å². The van der Waals surface area contributed by atoms with Crippen LogP contribution < -0.4 is 9.80 Å². The van der Waals surface area contributed by atoms with Crippen LogP contribution in [-0.2, 0) is 0 Å². The highest BCUT2D eigenvalue weighted by molar-refractivity contribution is 6.31. The molecule has 1 atom stereocenters. The van der Waals surface area contributed by atoms with Crippen molar-refractivity contribution in [3.8, 4) is 0 Å². The van der Waals surface area contributed by atoms with Crippen LogP contribution in [0, 0.1) is 6.92 Å². The Balaban J connectivity index is 1.92. The highest BCUT2D eigenvalue weighted by atomic mass is 35.5. The molecular formula is C24H22Cl2N2O. The molecule has 3 aromatic rings. The van der Waals surface area contributed by atoms with Crippen LogP contribution >= 0.6 is 23.2 Å². The van der Waals surface area contributed by atoms with Crippen LogP contribution in [0.15, 0.2) is 72.8 Å². The second kappa shape index (κ2) is 7.40. The van der Waals surface area contributed by atoms with Gasteiger partial charge in [0.2, 0.25) is 0 Å². The molecule has 0 unspecified atom stereocenters. The largest absolute Gasteiger partial charge is 0.330 e. The molecule has 4 rings (SSSR count). The molecule has 0 aromatic heterocycles. The van der Waals surface area contributed by atoms with Crippen LogP contribution in [0.25, 0.3) is 0 Å². The number of anilines is 2. The van der Waals surface area contributed by atoms with Crippen molar-refractivity contribution in [2.24, 2.45) is 0 Å². The molecule has 0 spiro atoms. The molecule has 1 saturated heterocycles. The number of nitrogens with zero attached hydrogens (tertiary/aromatic N) is 2. The maximum atomic E-state index is 13.8. The Hall–Kier alpha value is -2.49. The van der Waals surface area contributed by atoms with Crippen molar-refractivity contribution in [2.45, 2.75) is 32.4 Å². The molecule has 0 saturated carbocycles. The number of rotatable bonds is 3. The number of aryl methyl sites for hydroxylation is 1. The summed E-state index contributed by atoms with van der Waals surface area (Å²) >= 11 is 12.5. The normalized spacial score (nSPS) is 18.4. The van der Waals surface area contributed by atoms with Crippen LogP contribution in [0.3, 0.4) is 0 Å². The van der Waals surface area contributed by atoms with Gasteiger partial charge in [-0.2, -0.15) is 0 Å². The van der Waals surface area contributed by atoms with Gasteiger partial charge < -0.3 is 0 Å². The Morgan fingerprint density at radius 2 is 1.41 bits per heavy atom. The SMILES string of the molecule is Cc1cccc([C@@H]2N(c3cccc(Cl)c3)C(=O)N(c3cccc(Cl)c3)C2(C)C)c1. The van der Waals surface area contributed by atoms with E-state index in [0.717, 1.165) is 22.5 Å². The Morgan fingerprint density at radius 1 is 0.828 bits per heavy atom. The summed E-state index contributed by atoms with van der Waals surface area (Å²) in [6, 6.07) is 22.9. The second-order valence-corrected chi connectivity index (χ2v) is 8.79. The Labute approximate surface area is 181 Å². The molecule has 1 heterocycles. The van der Waals surface area contributed by atoms with Crippen LogP contribution in [0.4, 0.5) is 16.2 Å². The van der Waals surface area contributed by atoms with E-state index in [4.69, 9.17) is 23.2 Å². The first-order chi connectivity index (χ1) is 13.8. The molecule has 1 fully saturated rings. The molecule has 1 aliphatic heterocycles. The molecular weight excluding hydrogens is 403 g/mol. The summed E-state index contributed by atoms with van der Waals surface area (Å²) < 4.78 is 0. The van der Waals surface area contributed by atoms with Gasteiger partial charge in [-0.15, -0.1) is 0 Å². The van der Waals surface area contributed by atoms with Crippen LogP contribution in [0.2, 0.25) is 10.0 Å². The number of benzene rings is 3. The molecule has 0 N–H and O–H groups in total. The van der Waals surface area contributed by atoms with E-state index < -0.39 is 5.54 Å². The van der Waals surface area contributed by atoms with E-state index in [-0.39, 0.29) is 12.1 Å². The molecule has 3 nitrogen and oxygen atoms in total. The number of carbonyl (C=O) groups excluding carboxylic acids is 1. The lowest BCUT2D eigenvalue weighted by atomic mass is 9.87. The highest BCUT2D eigenvalue weighted by Gasteiger charge is 2.53. The summed E-state index contributed by atoms with van der Waals surface area (Å²) in [5.41, 5.74) is 3.24. The fourth-order valence-electron chi connectivity index (χ4n) is 4.24. The predicted octanol–water partition coefficient (Wildman–Crippen LogP) is 7.27. The van der Waals surface area contributed by atoms with Crippen molar-refractivity contribution in [3.05, 3.63) is 94.0 Å². The van der Waals surface area contributed by atoms with E-state index in [1.807, 2.05) is 64.4 Å². The quantitative estimate of drug-likeness (QED) is 0.433. The van der Waals surface area contributed by atoms with Crippen LogP contribution in [0.5, 0.6) is 0 Å². The first-order valence-corrected chi connectivity index (χ1v) is 10.3.